The molecule has 19 heavy (non-hydrogen) atoms. The van der Waals surface area contributed by atoms with Gasteiger partial charge in [0, 0.05) is 34.9 Å². The third-order valence-electron chi connectivity index (χ3n) is 3.12. The van der Waals surface area contributed by atoms with E-state index < -0.39 is 0 Å². The molecule has 0 aliphatic carbocycles. The molecule has 104 valence electrons. The van der Waals surface area contributed by atoms with E-state index in [1.807, 2.05) is 0 Å². The lowest BCUT2D eigenvalue weighted by Gasteiger charge is -2.30. The zero-order valence-electron chi connectivity index (χ0n) is 10.5. The fourth-order valence-corrected chi connectivity index (χ4v) is 2.71. The molecule has 3 N–H and O–H groups in total. The number of hydrogen-bond acceptors (Lipinski definition) is 3. The lowest BCUT2D eigenvalue weighted by atomic mass is 10.1. The fourth-order valence-electron chi connectivity index (χ4n) is 2.18. The molecule has 0 spiro atoms. The van der Waals surface area contributed by atoms with E-state index in [1.54, 1.807) is 23.1 Å². The van der Waals surface area contributed by atoms with Crippen LogP contribution >= 0.6 is 23.2 Å². The number of piperidine rings is 1. The molecule has 0 saturated carbocycles. The monoisotopic (exact) mass is 301 g/mol. The molecule has 1 aliphatic heterocycles. The number of carbonyl (C=O) groups excluding carboxylic acids is 1. The molecular formula is C13H17Cl2N3O. The predicted molar refractivity (Wildman–Crippen MR) is 78.7 cm³/mol. The highest BCUT2D eigenvalue weighted by Gasteiger charge is 2.20. The van der Waals surface area contributed by atoms with E-state index in [2.05, 4.69) is 5.32 Å². The Kier molecular flexibility index (Phi) is 4.91. The number of anilines is 1. The quantitative estimate of drug-likeness (QED) is 0.901. The van der Waals surface area contributed by atoms with Gasteiger partial charge in [0.25, 0.3) is 0 Å². The Morgan fingerprint density at radius 2 is 2.05 bits per heavy atom. The Bertz CT molecular complexity index is 447. The molecule has 1 aromatic rings. The van der Waals surface area contributed by atoms with Crippen LogP contribution in [0.2, 0.25) is 10.0 Å². The number of nitrogens with zero attached hydrogens (tertiary/aromatic N) is 1. The Morgan fingerprint density at radius 3 is 2.68 bits per heavy atom. The summed E-state index contributed by atoms with van der Waals surface area (Å²) in [6.45, 7) is 1.64. The van der Waals surface area contributed by atoms with Gasteiger partial charge in [0.05, 0.1) is 6.54 Å². The molecular weight excluding hydrogens is 285 g/mol. The molecule has 1 heterocycles. The highest BCUT2D eigenvalue weighted by atomic mass is 35.5. The summed E-state index contributed by atoms with van der Waals surface area (Å²) >= 11 is 11.8. The van der Waals surface area contributed by atoms with E-state index in [0.29, 0.717) is 16.6 Å². The van der Waals surface area contributed by atoms with Crippen molar-refractivity contribution in [1.82, 2.24) is 4.90 Å². The van der Waals surface area contributed by atoms with Crippen LogP contribution in [-0.2, 0) is 4.79 Å². The molecule has 2 rings (SSSR count). The van der Waals surface area contributed by atoms with Gasteiger partial charge in [0.1, 0.15) is 0 Å². The largest absolute Gasteiger partial charge is 0.376 e. The van der Waals surface area contributed by atoms with Crippen LogP contribution in [0.5, 0.6) is 0 Å². The van der Waals surface area contributed by atoms with Crippen molar-refractivity contribution < 1.29 is 4.79 Å². The van der Waals surface area contributed by atoms with Gasteiger partial charge in [-0.25, -0.2) is 0 Å². The Hall–Kier alpha value is -0.970. The van der Waals surface area contributed by atoms with E-state index in [4.69, 9.17) is 28.9 Å². The van der Waals surface area contributed by atoms with Gasteiger partial charge in [-0.2, -0.15) is 0 Å². The number of benzene rings is 1. The number of hydrogen-bond donors (Lipinski definition) is 2. The van der Waals surface area contributed by atoms with Crippen LogP contribution in [0.3, 0.4) is 0 Å². The minimum absolute atomic E-state index is 0.0475. The Balaban J connectivity index is 1.89. The molecule has 4 nitrogen and oxygen atoms in total. The first-order chi connectivity index (χ1) is 9.04. The maximum absolute atomic E-state index is 12.0. The van der Waals surface area contributed by atoms with Gasteiger partial charge in [0.2, 0.25) is 5.91 Å². The van der Waals surface area contributed by atoms with Crippen LogP contribution < -0.4 is 11.1 Å². The normalized spacial score (nSPS) is 19.3. The maximum Gasteiger partial charge on any atom is 0.241 e. The van der Waals surface area contributed by atoms with Gasteiger partial charge < -0.3 is 16.0 Å². The Morgan fingerprint density at radius 1 is 1.37 bits per heavy atom. The van der Waals surface area contributed by atoms with Crippen molar-refractivity contribution in [2.45, 2.75) is 18.9 Å². The van der Waals surface area contributed by atoms with Crippen LogP contribution in [0.25, 0.3) is 0 Å². The molecule has 0 aromatic heterocycles. The van der Waals surface area contributed by atoms with E-state index in [9.17, 15) is 4.79 Å². The van der Waals surface area contributed by atoms with Crippen LogP contribution in [-0.4, -0.2) is 36.5 Å². The highest BCUT2D eigenvalue weighted by Crippen LogP contribution is 2.22. The van der Waals surface area contributed by atoms with Crippen LogP contribution in [0.4, 0.5) is 5.69 Å². The van der Waals surface area contributed by atoms with Crippen LogP contribution in [0.1, 0.15) is 12.8 Å². The summed E-state index contributed by atoms with van der Waals surface area (Å²) in [5.41, 5.74) is 6.60. The molecule has 1 amide bonds. The second-order valence-electron chi connectivity index (χ2n) is 4.75. The number of amides is 1. The van der Waals surface area contributed by atoms with E-state index >= 15 is 0 Å². The molecule has 1 aromatic carbocycles. The van der Waals surface area contributed by atoms with E-state index in [-0.39, 0.29) is 18.5 Å². The minimum Gasteiger partial charge on any atom is -0.376 e. The van der Waals surface area contributed by atoms with Crippen LogP contribution in [0, 0.1) is 0 Å². The van der Waals surface area contributed by atoms with Crippen LogP contribution in [0.15, 0.2) is 18.2 Å². The highest BCUT2D eigenvalue weighted by molar-refractivity contribution is 6.35. The zero-order chi connectivity index (χ0) is 13.8. The molecule has 1 fully saturated rings. The molecule has 0 radical (unpaired) electrons. The Labute approximate surface area is 122 Å². The van der Waals surface area contributed by atoms with Gasteiger partial charge in [-0.15, -0.1) is 0 Å². The van der Waals surface area contributed by atoms with Crippen molar-refractivity contribution in [1.29, 1.82) is 0 Å². The average molecular weight is 302 g/mol. The fraction of sp³-hybridized carbons (Fsp3) is 0.462. The summed E-state index contributed by atoms with van der Waals surface area (Å²) in [6.07, 6.45) is 1.96. The third-order valence-corrected chi connectivity index (χ3v) is 3.55. The van der Waals surface area contributed by atoms with Gasteiger partial charge in [0.15, 0.2) is 0 Å². The number of nitrogens with one attached hydrogen (secondary N) is 1. The van der Waals surface area contributed by atoms with Crippen molar-refractivity contribution >= 4 is 34.8 Å². The number of halogens is 2. The summed E-state index contributed by atoms with van der Waals surface area (Å²) in [4.78, 5) is 13.8. The predicted octanol–water partition coefficient (Wildman–Crippen LogP) is 2.36. The lowest BCUT2D eigenvalue weighted by Crippen LogP contribution is -2.47. The summed E-state index contributed by atoms with van der Waals surface area (Å²) in [7, 11) is 0. The summed E-state index contributed by atoms with van der Waals surface area (Å²) in [5.74, 6) is 0.0475. The molecule has 0 unspecified atom stereocenters. The summed E-state index contributed by atoms with van der Waals surface area (Å²) in [5, 5.41) is 4.13. The van der Waals surface area contributed by atoms with Crippen molar-refractivity contribution in [2.75, 3.05) is 25.0 Å². The molecule has 6 heteroatoms. The average Bonchev–Trinajstić information content (AvgIpc) is 2.35. The number of rotatable bonds is 3. The van der Waals surface area contributed by atoms with Crippen molar-refractivity contribution in [2.24, 2.45) is 5.73 Å². The maximum atomic E-state index is 12.0. The first-order valence-corrected chi connectivity index (χ1v) is 7.03. The smallest absolute Gasteiger partial charge is 0.241 e. The first-order valence-electron chi connectivity index (χ1n) is 6.28. The lowest BCUT2D eigenvalue weighted by molar-refractivity contribution is -0.130. The molecule has 0 bridgehead atoms. The SMILES string of the molecule is N[C@@H]1CCCN(C(=O)CNc2cc(Cl)cc(Cl)c2)C1. The summed E-state index contributed by atoms with van der Waals surface area (Å²) in [6, 6.07) is 5.23. The molecule has 1 aliphatic rings. The van der Waals surface area contributed by atoms with E-state index in [1.165, 1.54) is 0 Å². The van der Waals surface area contributed by atoms with Crippen molar-refractivity contribution in [3.05, 3.63) is 28.2 Å². The minimum atomic E-state index is 0.0475. The third kappa shape index (κ3) is 4.27. The van der Waals surface area contributed by atoms with Gasteiger partial charge in [-0.3, -0.25) is 4.79 Å². The van der Waals surface area contributed by atoms with Gasteiger partial charge in [-0.1, -0.05) is 23.2 Å². The molecule has 1 saturated heterocycles. The number of likely N-dealkylation sites (tertiary alicyclic amines) is 1. The summed E-state index contributed by atoms with van der Waals surface area (Å²) < 4.78 is 0. The van der Waals surface area contributed by atoms with Crippen molar-refractivity contribution in [3.8, 4) is 0 Å². The van der Waals surface area contributed by atoms with Gasteiger partial charge >= 0.3 is 0 Å². The first kappa shape index (κ1) is 14.4. The van der Waals surface area contributed by atoms with Gasteiger partial charge in [-0.05, 0) is 31.0 Å². The van der Waals surface area contributed by atoms with Crippen molar-refractivity contribution in [3.63, 3.8) is 0 Å². The molecule has 1 atom stereocenters. The zero-order valence-corrected chi connectivity index (χ0v) is 12.0. The second kappa shape index (κ2) is 6.46. The number of carbonyl (C=O) groups is 1. The standard InChI is InChI=1S/C13H17Cl2N3O/c14-9-4-10(15)6-12(5-9)17-7-13(19)18-3-1-2-11(16)8-18/h4-6,11,17H,1-3,7-8,16H2/t11-/m1/s1. The van der Waals surface area contributed by atoms with E-state index in [0.717, 1.165) is 25.1 Å². The number of nitrogens with two attached hydrogens (primary N) is 1. The second-order valence-corrected chi connectivity index (χ2v) is 5.63. The topological polar surface area (TPSA) is 58.4 Å².